The lowest BCUT2D eigenvalue weighted by Gasteiger charge is -2.14. The summed E-state index contributed by atoms with van der Waals surface area (Å²) in [7, 11) is 0. The molecule has 2 aromatic rings. The lowest BCUT2D eigenvalue weighted by Crippen LogP contribution is -2.17. The van der Waals surface area contributed by atoms with Gasteiger partial charge in [0.2, 0.25) is 0 Å². The summed E-state index contributed by atoms with van der Waals surface area (Å²) in [5.74, 6) is -0.388. The summed E-state index contributed by atoms with van der Waals surface area (Å²) in [6.45, 7) is 4.13. The first-order valence-electron chi connectivity index (χ1n) is 6.09. The summed E-state index contributed by atoms with van der Waals surface area (Å²) in [5.41, 5.74) is 0.985. The number of benzene rings is 1. The Balaban J connectivity index is 2.04. The van der Waals surface area contributed by atoms with Crippen LogP contribution in [0.5, 0.6) is 0 Å². The number of nitriles is 1. The number of nitrogens with one attached hydrogen (secondary N) is 1. The Hall–Kier alpha value is -1.86. The van der Waals surface area contributed by atoms with E-state index in [2.05, 4.69) is 24.4 Å². The Morgan fingerprint density at radius 2 is 2.16 bits per heavy atom. The average Bonchev–Trinajstić information content (AvgIpc) is 2.73. The second kappa shape index (κ2) is 5.85. The number of hydrogen-bond acceptors (Lipinski definition) is 3. The van der Waals surface area contributed by atoms with Gasteiger partial charge in [0.1, 0.15) is 5.82 Å². The fourth-order valence-electron chi connectivity index (χ4n) is 1.97. The molecule has 19 heavy (non-hydrogen) atoms. The molecule has 1 N–H and O–H groups in total. The van der Waals surface area contributed by atoms with Crippen LogP contribution in [-0.4, -0.2) is 6.04 Å². The maximum absolute atomic E-state index is 13.3. The van der Waals surface area contributed by atoms with Crippen LogP contribution < -0.4 is 5.32 Å². The van der Waals surface area contributed by atoms with Crippen molar-refractivity contribution in [2.75, 3.05) is 5.32 Å². The Bertz CT molecular complexity index is 613. The number of anilines is 1. The minimum Gasteiger partial charge on any atom is -0.382 e. The fourth-order valence-corrected chi connectivity index (χ4v) is 2.99. The number of nitrogens with zero attached hydrogens (tertiary/aromatic N) is 1. The maximum atomic E-state index is 13.3. The average molecular weight is 274 g/mol. The highest BCUT2D eigenvalue weighted by Gasteiger charge is 2.07. The molecule has 0 saturated heterocycles. The lowest BCUT2D eigenvalue weighted by molar-refractivity contribution is 0.627. The van der Waals surface area contributed by atoms with Gasteiger partial charge in [-0.3, -0.25) is 0 Å². The van der Waals surface area contributed by atoms with E-state index in [0.717, 1.165) is 6.42 Å². The van der Waals surface area contributed by atoms with Gasteiger partial charge in [0.05, 0.1) is 11.6 Å². The summed E-state index contributed by atoms with van der Waals surface area (Å²) in [4.78, 5) is 2.59. The fraction of sp³-hybridized carbons (Fsp3) is 0.267. The molecule has 2 nitrogen and oxygen atoms in total. The van der Waals surface area contributed by atoms with E-state index >= 15 is 0 Å². The molecule has 1 atom stereocenters. The zero-order valence-corrected chi connectivity index (χ0v) is 11.7. The van der Waals surface area contributed by atoms with Crippen molar-refractivity contribution in [1.29, 1.82) is 5.26 Å². The summed E-state index contributed by atoms with van der Waals surface area (Å²) in [6.07, 6.45) is 0.886. The van der Waals surface area contributed by atoms with Gasteiger partial charge in [0.15, 0.2) is 0 Å². The molecule has 1 unspecified atom stereocenters. The van der Waals surface area contributed by atoms with Gasteiger partial charge in [0, 0.05) is 27.9 Å². The molecule has 0 radical (unpaired) electrons. The maximum Gasteiger partial charge on any atom is 0.126 e. The van der Waals surface area contributed by atoms with E-state index in [1.54, 1.807) is 17.4 Å². The van der Waals surface area contributed by atoms with Gasteiger partial charge >= 0.3 is 0 Å². The van der Waals surface area contributed by atoms with E-state index in [1.807, 2.05) is 13.0 Å². The standard InChI is InChI=1S/C15H15FN2S/c1-10(5-15-4-3-11(2)19-15)18-14-7-12(9-17)6-13(16)8-14/h3-4,6-8,10,18H,5H2,1-2H3. The van der Waals surface area contributed by atoms with E-state index in [0.29, 0.717) is 11.3 Å². The number of hydrogen-bond donors (Lipinski definition) is 1. The molecule has 0 amide bonds. The topological polar surface area (TPSA) is 35.8 Å². The van der Waals surface area contributed by atoms with Gasteiger partial charge in [-0.1, -0.05) is 0 Å². The van der Waals surface area contributed by atoms with Crippen LogP contribution in [0, 0.1) is 24.1 Å². The Morgan fingerprint density at radius 3 is 2.79 bits per heavy atom. The Labute approximate surface area is 116 Å². The molecule has 0 aliphatic heterocycles. The van der Waals surface area contributed by atoms with Crippen molar-refractivity contribution in [2.45, 2.75) is 26.3 Å². The van der Waals surface area contributed by atoms with Crippen LogP contribution in [0.2, 0.25) is 0 Å². The number of halogens is 1. The van der Waals surface area contributed by atoms with Crippen molar-refractivity contribution in [3.63, 3.8) is 0 Å². The molecule has 0 fully saturated rings. The highest BCUT2D eigenvalue weighted by atomic mass is 32.1. The smallest absolute Gasteiger partial charge is 0.126 e. The van der Waals surface area contributed by atoms with E-state index in [1.165, 1.54) is 21.9 Å². The molecule has 0 aliphatic carbocycles. The summed E-state index contributed by atoms with van der Waals surface area (Å²) >= 11 is 1.77. The van der Waals surface area contributed by atoms with Crippen LogP contribution in [0.25, 0.3) is 0 Å². The zero-order chi connectivity index (χ0) is 13.8. The molecule has 0 saturated carbocycles. The second-order valence-corrected chi connectivity index (χ2v) is 5.97. The third kappa shape index (κ3) is 3.80. The Kier molecular flexibility index (Phi) is 4.18. The molecule has 4 heteroatoms. The molecule has 0 bridgehead atoms. The number of rotatable bonds is 4. The van der Waals surface area contributed by atoms with Crippen molar-refractivity contribution in [3.05, 3.63) is 51.5 Å². The first-order valence-corrected chi connectivity index (χ1v) is 6.91. The lowest BCUT2D eigenvalue weighted by atomic mass is 10.1. The van der Waals surface area contributed by atoms with Gasteiger partial charge in [-0.25, -0.2) is 4.39 Å². The summed E-state index contributed by atoms with van der Waals surface area (Å²) < 4.78 is 13.3. The van der Waals surface area contributed by atoms with E-state index in [4.69, 9.17) is 5.26 Å². The summed E-state index contributed by atoms with van der Waals surface area (Å²) in [5, 5.41) is 12.0. The molecule has 1 heterocycles. The summed E-state index contributed by atoms with van der Waals surface area (Å²) in [6, 6.07) is 10.7. The molecular formula is C15H15FN2S. The highest BCUT2D eigenvalue weighted by molar-refractivity contribution is 7.11. The first kappa shape index (κ1) is 13.6. The number of thiophene rings is 1. The third-order valence-corrected chi connectivity index (χ3v) is 3.77. The third-order valence-electron chi connectivity index (χ3n) is 2.74. The van der Waals surface area contributed by atoms with Crippen molar-refractivity contribution in [2.24, 2.45) is 0 Å². The van der Waals surface area contributed by atoms with Gasteiger partial charge in [0.25, 0.3) is 0 Å². The van der Waals surface area contributed by atoms with Crippen LogP contribution in [-0.2, 0) is 6.42 Å². The zero-order valence-electron chi connectivity index (χ0n) is 10.9. The Morgan fingerprint density at radius 1 is 1.37 bits per heavy atom. The molecule has 0 spiro atoms. The van der Waals surface area contributed by atoms with Crippen molar-refractivity contribution < 1.29 is 4.39 Å². The molecule has 2 rings (SSSR count). The van der Waals surface area contributed by atoms with E-state index < -0.39 is 0 Å². The molecule has 1 aromatic heterocycles. The first-order chi connectivity index (χ1) is 9.06. The van der Waals surface area contributed by atoms with Gasteiger partial charge in [-0.15, -0.1) is 11.3 Å². The second-order valence-electron chi connectivity index (χ2n) is 4.60. The minimum atomic E-state index is -0.388. The predicted octanol–water partition coefficient (Wildman–Crippen LogP) is 4.11. The van der Waals surface area contributed by atoms with Gasteiger partial charge in [-0.05, 0) is 44.2 Å². The normalized spacial score (nSPS) is 11.9. The van der Waals surface area contributed by atoms with Gasteiger partial charge in [-0.2, -0.15) is 5.26 Å². The predicted molar refractivity (Wildman–Crippen MR) is 77.0 cm³/mol. The largest absolute Gasteiger partial charge is 0.382 e. The number of aryl methyl sites for hydroxylation is 1. The molecule has 0 aliphatic rings. The van der Waals surface area contributed by atoms with Crippen molar-refractivity contribution in [1.82, 2.24) is 0 Å². The highest BCUT2D eigenvalue weighted by Crippen LogP contribution is 2.19. The van der Waals surface area contributed by atoms with E-state index in [-0.39, 0.29) is 11.9 Å². The van der Waals surface area contributed by atoms with Crippen molar-refractivity contribution >= 4 is 17.0 Å². The van der Waals surface area contributed by atoms with Crippen LogP contribution >= 0.6 is 11.3 Å². The molecular weight excluding hydrogens is 259 g/mol. The van der Waals surface area contributed by atoms with Crippen molar-refractivity contribution in [3.8, 4) is 6.07 Å². The van der Waals surface area contributed by atoms with Crippen LogP contribution in [0.1, 0.15) is 22.2 Å². The molecule has 98 valence electrons. The SMILES string of the molecule is Cc1ccc(CC(C)Nc2cc(F)cc(C#N)c2)s1. The minimum absolute atomic E-state index is 0.186. The van der Waals surface area contributed by atoms with Crippen LogP contribution in [0.4, 0.5) is 10.1 Å². The quantitative estimate of drug-likeness (QED) is 0.910. The van der Waals surface area contributed by atoms with Crippen LogP contribution in [0.3, 0.4) is 0 Å². The molecule has 1 aromatic carbocycles. The van der Waals surface area contributed by atoms with Gasteiger partial charge < -0.3 is 5.32 Å². The van der Waals surface area contributed by atoms with E-state index in [9.17, 15) is 4.39 Å². The monoisotopic (exact) mass is 274 g/mol. The van der Waals surface area contributed by atoms with Crippen LogP contribution in [0.15, 0.2) is 30.3 Å².